The zero-order valence-corrected chi connectivity index (χ0v) is 18.7. The zero-order valence-electron chi connectivity index (χ0n) is 18.7. The first-order chi connectivity index (χ1) is 14.3. The van der Waals surface area contributed by atoms with Crippen molar-refractivity contribution in [3.63, 3.8) is 0 Å². The summed E-state index contributed by atoms with van der Waals surface area (Å²) in [7, 11) is 0. The predicted molar refractivity (Wildman–Crippen MR) is 126 cm³/mol. The molecular weight excluding hydrogens is 368 g/mol. The molecule has 0 radical (unpaired) electrons. The van der Waals surface area contributed by atoms with Crippen LogP contribution in [-0.4, -0.2) is 10.2 Å². The average molecular weight is 405 g/mol. The smallest absolute Gasteiger partial charge is 0.119 e. The highest BCUT2D eigenvalue weighted by Gasteiger charge is 2.38. The second kappa shape index (κ2) is 9.12. The van der Waals surface area contributed by atoms with E-state index in [2.05, 4.69) is 58.2 Å². The van der Waals surface area contributed by atoms with Crippen molar-refractivity contribution in [2.45, 2.75) is 64.2 Å². The monoisotopic (exact) mass is 404 g/mol. The Kier molecular flexibility index (Phi) is 6.75. The molecule has 3 rings (SSSR count). The third kappa shape index (κ3) is 4.48. The molecule has 0 bridgehead atoms. The summed E-state index contributed by atoms with van der Waals surface area (Å²) in [5.74, 6) is 2.36. The Balaban J connectivity index is 1.89. The molecule has 2 nitrogen and oxygen atoms in total. The first kappa shape index (κ1) is 22.2. The summed E-state index contributed by atoms with van der Waals surface area (Å²) in [4.78, 5) is 0. The van der Waals surface area contributed by atoms with Gasteiger partial charge in [-0.2, -0.15) is 0 Å². The number of hydrogen-bond donors (Lipinski definition) is 2. The molecule has 1 aliphatic carbocycles. The van der Waals surface area contributed by atoms with E-state index < -0.39 is 0 Å². The molecule has 2 heteroatoms. The summed E-state index contributed by atoms with van der Waals surface area (Å²) >= 11 is 0. The fourth-order valence-electron chi connectivity index (χ4n) is 5.14. The maximum atomic E-state index is 10.2. The lowest BCUT2D eigenvalue weighted by Crippen LogP contribution is -2.35. The molecule has 0 spiro atoms. The molecular formula is C28H36O2. The largest absolute Gasteiger partial charge is 0.508 e. The summed E-state index contributed by atoms with van der Waals surface area (Å²) in [5.41, 5.74) is 4.54. The number of phenolic OH excluding ortho intramolecular Hbond substituents is 2. The van der Waals surface area contributed by atoms with E-state index in [1.165, 1.54) is 24.0 Å². The van der Waals surface area contributed by atoms with Gasteiger partial charge in [-0.25, -0.2) is 0 Å². The van der Waals surface area contributed by atoms with Crippen molar-refractivity contribution >= 4 is 0 Å². The van der Waals surface area contributed by atoms with Crippen molar-refractivity contribution in [1.82, 2.24) is 0 Å². The van der Waals surface area contributed by atoms with Gasteiger partial charge in [0.25, 0.3) is 0 Å². The Labute approximate surface area is 182 Å². The van der Waals surface area contributed by atoms with Crippen molar-refractivity contribution in [3.05, 3.63) is 84.0 Å². The minimum Gasteiger partial charge on any atom is -0.508 e. The highest BCUT2D eigenvalue weighted by Crippen LogP contribution is 2.48. The van der Waals surface area contributed by atoms with Gasteiger partial charge in [0.2, 0.25) is 0 Å². The topological polar surface area (TPSA) is 40.5 Å². The van der Waals surface area contributed by atoms with Gasteiger partial charge in [-0.05, 0) is 89.7 Å². The number of allylic oxidation sites excluding steroid dienone is 2. The third-order valence-electron chi connectivity index (χ3n) is 7.30. The van der Waals surface area contributed by atoms with Gasteiger partial charge in [0.1, 0.15) is 11.5 Å². The molecule has 1 saturated carbocycles. The van der Waals surface area contributed by atoms with Crippen LogP contribution in [0.1, 0.15) is 68.2 Å². The van der Waals surface area contributed by atoms with Crippen LogP contribution in [0, 0.1) is 11.8 Å². The van der Waals surface area contributed by atoms with Crippen LogP contribution < -0.4 is 0 Å². The van der Waals surface area contributed by atoms with Gasteiger partial charge in [-0.1, -0.05) is 57.2 Å². The van der Waals surface area contributed by atoms with Gasteiger partial charge in [0.15, 0.2) is 0 Å². The van der Waals surface area contributed by atoms with Gasteiger partial charge in [0.05, 0.1) is 0 Å². The number of benzene rings is 2. The third-order valence-corrected chi connectivity index (χ3v) is 7.30. The molecule has 0 aromatic heterocycles. The van der Waals surface area contributed by atoms with Gasteiger partial charge < -0.3 is 10.2 Å². The number of hydrogen-bond acceptors (Lipinski definition) is 2. The summed E-state index contributed by atoms with van der Waals surface area (Å²) in [6.07, 6.45) is 8.60. The summed E-state index contributed by atoms with van der Waals surface area (Å²) in [6, 6.07) is 12.2. The predicted octanol–water partition coefficient (Wildman–Crippen LogP) is 7.05. The van der Waals surface area contributed by atoms with E-state index in [1.54, 1.807) is 0 Å². The lowest BCUT2D eigenvalue weighted by Gasteiger charge is -2.43. The van der Waals surface area contributed by atoms with Crippen LogP contribution in [0.3, 0.4) is 0 Å². The fraction of sp³-hybridized carbons (Fsp3) is 0.429. The highest BCUT2D eigenvalue weighted by atomic mass is 16.3. The van der Waals surface area contributed by atoms with E-state index in [0.717, 1.165) is 17.5 Å². The second-order valence-electron chi connectivity index (χ2n) is 9.53. The molecule has 0 saturated heterocycles. The van der Waals surface area contributed by atoms with Gasteiger partial charge in [0, 0.05) is 0 Å². The molecule has 2 aromatic carbocycles. The summed E-state index contributed by atoms with van der Waals surface area (Å²) in [5, 5.41) is 20.4. The molecule has 160 valence electrons. The summed E-state index contributed by atoms with van der Waals surface area (Å²) < 4.78 is 0. The molecule has 1 fully saturated rings. The van der Waals surface area contributed by atoms with Gasteiger partial charge >= 0.3 is 0 Å². The Morgan fingerprint density at radius 2 is 1.53 bits per heavy atom. The van der Waals surface area contributed by atoms with Crippen LogP contribution in [0.5, 0.6) is 11.5 Å². The molecule has 0 aliphatic heterocycles. The normalized spacial score (nSPS) is 21.9. The first-order valence-electron chi connectivity index (χ1n) is 11.1. The molecule has 2 N–H and O–H groups in total. The van der Waals surface area contributed by atoms with Crippen LogP contribution in [0.2, 0.25) is 0 Å². The van der Waals surface area contributed by atoms with Gasteiger partial charge in [-0.15, -0.1) is 13.2 Å². The molecule has 30 heavy (non-hydrogen) atoms. The van der Waals surface area contributed by atoms with E-state index in [0.29, 0.717) is 42.1 Å². The standard InChI is InChI=1S/C28H36O2/c1-6-8-21-16-20(11-14-26(21)29)25-18-24(12-10-19(25)3)28(4,5)23-13-15-27(30)22(17-23)9-7-2/h6-7,11,13-17,19,24-25,29-30H,1-2,8-10,12,18H2,3-5H3. The molecule has 2 aromatic rings. The van der Waals surface area contributed by atoms with Crippen molar-refractivity contribution in [3.8, 4) is 11.5 Å². The minimum absolute atomic E-state index is 0.0167. The lowest BCUT2D eigenvalue weighted by atomic mass is 9.61. The van der Waals surface area contributed by atoms with Crippen LogP contribution in [0.15, 0.2) is 61.7 Å². The Morgan fingerprint density at radius 3 is 2.17 bits per heavy atom. The quantitative estimate of drug-likeness (QED) is 0.485. The molecule has 3 unspecified atom stereocenters. The van der Waals surface area contributed by atoms with Gasteiger partial charge in [-0.3, -0.25) is 0 Å². The van der Waals surface area contributed by atoms with Crippen molar-refractivity contribution in [1.29, 1.82) is 0 Å². The molecule has 0 amide bonds. The van der Waals surface area contributed by atoms with E-state index >= 15 is 0 Å². The minimum atomic E-state index is 0.0167. The molecule has 3 atom stereocenters. The van der Waals surface area contributed by atoms with Crippen LogP contribution in [0.25, 0.3) is 0 Å². The highest BCUT2D eigenvalue weighted by molar-refractivity contribution is 5.41. The number of aromatic hydroxyl groups is 2. The summed E-state index contributed by atoms with van der Waals surface area (Å²) in [6.45, 7) is 14.7. The average Bonchev–Trinajstić information content (AvgIpc) is 2.72. The van der Waals surface area contributed by atoms with E-state index in [4.69, 9.17) is 0 Å². The molecule has 0 heterocycles. The van der Waals surface area contributed by atoms with E-state index in [1.807, 2.05) is 24.3 Å². The van der Waals surface area contributed by atoms with Crippen LogP contribution in [-0.2, 0) is 18.3 Å². The first-order valence-corrected chi connectivity index (χ1v) is 11.1. The zero-order chi connectivity index (χ0) is 21.9. The van der Waals surface area contributed by atoms with Crippen molar-refractivity contribution in [2.75, 3.05) is 0 Å². The van der Waals surface area contributed by atoms with Crippen molar-refractivity contribution < 1.29 is 10.2 Å². The maximum absolute atomic E-state index is 10.2. The maximum Gasteiger partial charge on any atom is 0.119 e. The van der Waals surface area contributed by atoms with E-state index in [9.17, 15) is 10.2 Å². The Bertz CT molecular complexity index is 909. The van der Waals surface area contributed by atoms with E-state index in [-0.39, 0.29) is 5.41 Å². The Morgan fingerprint density at radius 1 is 0.933 bits per heavy atom. The fourth-order valence-corrected chi connectivity index (χ4v) is 5.14. The SMILES string of the molecule is C=CCc1cc(C2CC(C(C)(C)c3ccc(O)c(CC=C)c3)CCC2C)ccc1O. The second-order valence-corrected chi connectivity index (χ2v) is 9.53. The lowest BCUT2D eigenvalue weighted by molar-refractivity contribution is 0.177. The van der Waals surface area contributed by atoms with Crippen molar-refractivity contribution in [2.24, 2.45) is 11.8 Å². The Hall–Kier alpha value is -2.48. The van der Waals surface area contributed by atoms with Crippen LogP contribution in [0.4, 0.5) is 0 Å². The number of rotatable bonds is 7. The van der Waals surface area contributed by atoms with Crippen LogP contribution >= 0.6 is 0 Å². The molecule has 1 aliphatic rings. The number of phenols is 2.